The number of carbonyl (C=O) groups is 1. The third-order valence-electron chi connectivity index (χ3n) is 7.01. The Balaban J connectivity index is 1.35. The molecule has 0 bridgehead atoms. The van der Waals surface area contributed by atoms with E-state index < -0.39 is 0 Å². The van der Waals surface area contributed by atoms with E-state index in [9.17, 15) is 4.79 Å². The van der Waals surface area contributed by atoms with Crippen molar-refractivity contribution in [2.75, 3.05) is 46.4 Å². The molecule has 2 saturated heterocycles. The number of ether oxygens (including phenoxy) is 1. The van der Waals surface area contributed by atoms with Gasteiger partial charge in [0.1, 0.15) is 0 Å². The van der Waals surface area contributed by atoms with Crippen LogP contribution in [0.4, 0.5) is 0 Å². The largest absolute Gasteiger partial charge is 0.381 e. The van der Waals surface area contributed by atoms with E-state index in [0.717, 1.165) is 70.1 Å². The fraction of sp³-hybridized carbons (Fsp3) is 0.696. The average Bonchev–Trinajstić information content (AvgIpc) is 3.46. The molecule has 148 valence electrons. The van der Waals surface area contributed by atoms with E-state index in [1.54, 1.807) is 0 Å². The number of amides is 1. The highest BCUT2D eigenvalue weighted by Crippen LogP contribution is 2.44. The van der Waals surface area contributed by atoms with Crippen LogP contribution < -0.4 is 0 Å². The number of piperidine rings is 1. The summed E-state index contributed by atoms with van der Waals surface area (Å²) < 4.78 is 6.08. The Morgan fingerprint density at radius 2 is 1.85 bits per heavy atom. The van der Waals surface area contributed by atoms with Crippen LogP contribution in [0.3, 0.4) is 0 Å². The minimum Gasteiger partial charge on any atom is -0.381 e. The lowest BCUT2D eigenvalue weighted by Gasteiger charge is -2.42. The summed E-state index contributed by atoms with van der Waals surface area (Å²) in [5.41, 5.74) is 2.45. The lowest BCUT2D eigenvalue weighted by atomic mass is 9.71. The summed E-state index contributed by atoms with van der Waals surface area (Å²) in [7, 11) is 2.23. The lowest BCUT2D eigenvalue weighted by molar-refractivity contribution is 0.0180. The predicted octanol–water partition coefficient (Wildman–Crippen LogP) is 3.46. The number of nitrogens with zero attached hydrogens (tertiary/aromatic N) is 2. The van der Waals surface area contributed by atoms with Gasteiger partial charge in [0.05, 0.1) is 6.61 Å². The Hall–Kier alpha value is -1.39. The molecule has 1 aliphatic carbocycles. The quantitative estimate of drug-likeness (QED) is 0.769. The Bertz CT molecular complexity index is 645. The van der Waals surface area contributed by atoms with E-state index in [-0.39, 0.29) is 5.91 Å². The highest BCUT2D eigenvalue weighted by Gasteiger charge is 2.47. The summed E-state index contributed by atoms with van der Waals surface area (Å²) in [5, 5.41) is 0. The minimum atomic E-state index is 0.195. The zero-order valence-corrected chi connectivity index (χ0v) is 17.0. The van der Waals surface area contributed by atoms with Gasteiger partial charge in [0.25, 0.3) is 5.91 Å². The minimum absolute atomic E-state index is 0.195. The van der Waals surface area contributed by atoms with Crippen molar-refractivity contribution in [3.63, 3.8) is 0 Å². The average molecular weight is 371 g/mol. The van der Waals surface area contributed by atoms with E-state index in [4.69, 9.17) is 4.74 Å². The molecule has 0 aromatic heterocycles. The second-order valence-electron chi connectivity index (χ2n) is 9.08. The molecular formula is C23H34N2O2. The third kappa shape index (κ3) is 4.22. The monoisotopic (exact) mass is 370 g/mol. The molecule has 1 saturated carbocycles. The zero-order valence-electron chi connectivity index (χ0n) is 17.0. The molecule has 1 amide bonds. The van der Waals surface area contributed by atoms with Gasteiger partial charge in [0.15, 0.2) is 0 Å². The van der Waals surface area contributed by atoms with E-state index in [2.05, 4.69) is 35.9 Å². The summed E-state index contributed by atoms with van der Waals surface area (Å²) in [5.74, 6) is 1.64. The molecular weight excluding hydrogens is 336 g/mol. The van der Waals surface area contributed by atoms with Gasteiger partial charge >= 0.3 is 0 Å². The molecule has 2 aliphatic heterocycles. The molecule has 1 atom stereocenters. The zero-order chi connectivity index (χ0) is 18.9. The summed E-state index contributed by atoms with van der Waals surface area (Å²) in [4.78, 5) is 17.4. The van der Waals surface area contributed by atoms with Crippen LogP contribution in [0.5, 0.6) is 0 Å². The predicted molar refractivity (Wildman–Crippen MR) is 108 cm³/mol. The fourth-order valence-corrected chi connectivity index (χ4v) is 4.98. The molecule has 27 heavy (non-hydrogen) atoms. The Labute approximate surface area is 163 Å². The van der Waals surface area contributed by atoms with Crippen molar-refractivity contribution in [2.24, 2.45) is 17.3 Å². The van der Waals surface area contributed by atoms with Crippen molar-refractivity contribution < 1.29 is 9.53 Å². The molecule has 0 N–H and O–H groups in total. The molecule has 4 heteroatoms. The molecule has 0 radical (unpaired) electrons. The van der Waals surface area contributed by atoms with Crippen molar-refractivity contribution in [3.8, 4) is 0 Å². The van der Waals surface area contributed by atoms with Gasteiger partial charge in [-0.1, -0.05) is 19.1 Å². The van der Waals surface area contributed by atoms with E-state index in [0.29, 0.717) is 11.3 Å². The smallest absolute Gasteiger partial charge is 0.253 e. The lowest BCUT2D eigenvalue weighted by Crippen LogP contribution is -2.47. The Morgan fingerprint density at radius 1 is 1.15 bits per heavy atom. The van der Waals surface area contributed by atoms with Crippen LogP contribution in [0.2, 0.25) is 0 Å². The van der Waals surface area contributed by atoms with E-state index in [1.807, 2.05) is 12.1 Å². The maximum atomic E-state index is 12.9. The molecule has 1 spiro atoms. The first-order chi connectivity index (χ1) is 13.1. The summed E-state index contributed by atoms with van der Waals surface area (Å²) in [6, 6.07) is 8.14. The molecule has 1 aromatic carbocycles. The van der Waals surface area contributed by atoms with Crippen molar-refractivity contribution >= 4 is 5.91 Å². The fourth-order valence-electron chi connectivity index (χ4n) is 4.98. The highest BCUT2D eigenvalue weighted by atomic mass is 16.5. The molecule has 3 fully saturated rings. The van der Waals surface area contributed by atoms with Gasteiger partial charge in [-0.25, -0.2) is 0 Å². The molecule has 4 nitrogen and oxygen atoms in total. The van der Waals surface area contributed by atoms with Gasteiger partial charge in [-0.3, -0.25) is 4.79 Å². The maximum absolute atomic E-state index is 12.9. The topological polar surface area (TPSA) is 32.8 Å². The van der Waals surface area contributed by atoms with Crippen LogP contribution in [0.25, 0.3) is 0 Å². The summed E-state index contributed by atoms with van der Waals surface area (Å²) in [6.45, 7) is 8.03. The van der Waals surface area contributed by atoms with Crippen molar-refractivity contribution in [3.05, 3.63) is 35.4 Å². The molecule has 0 unspecified atom stereocenters. The second-order valence-corrected chi connectivity index (χ2v) is 9.08. The van der Waals surface area contributed by atoms with Gasteiger partial charge < -0.3 is 14.5 Å². The van der Waals surface area contributed by atoms with Crippen LogP contribution >= 0.6 is 0 Å². The number of hydrogen-bond donors (Lipinski definition) is 0. The van der Waals surface area contributed by atoms with Gasteiger partial charge in [-0.15, -0.1) is 0 Å². The Morgan fingerprint density at radius 3 is 2.48 bits per heavy atom. The second kappa shape index (κ2) is 7.92. The van der Waals surface area contributed by atoms with Crippen LogP contribution in [0.1, 0.15) is 48.5 Å². The van der Waals surface area contributed by atoms with Crippen molar-refractivity contribution in [2.45, 2.75) is 39.0 Å². The van der Waals surface area contributed by atoms with Crippen LogP contribution in [0.15, 0.2) is 24.3 Å². The standard InChI is InChI=1S/C23H34N2O2/c1-3-18-6-8-20(9-7-18)22(26)25-12-10-23(11-13-25)17-24(2)14-21(23)16-27-15-19-4-5-19/h6-9,19,21H,3-5,10-17H2,1-2H3/t21-/m1/s1. The number of carbonyl (C=O) groups excluding carboxylic acids is 1. The van der Waals surface area contributed by atoms with E-state index in [1.165, 1.54) is 18.4 Å². The molecule has 2 heterocycles. The number of aryl methyl sites for hydroxylation is 1. The summed E-state index contributed by atoms with van der Waals surface area (Å²) in [6.07, 6.45) is 5.93. The number of likely N-dealkylation sites (tertiary alicyclic amines) is 2. The SMILES string of the molecule is CCc1ccc(C(=O)N2CCC3(CC2)CN(C)C[C@@H]3COCC2CC2)cc1. The number of benzene rings is 1. The molecule has 3 aliphatic rings. The first-order valence-electron chi connectivity index (χ1n) is 10.7. The van der Waals surface area contributed by atoms with Crippen molar-refractivity contribution in [1.29, 1.82) is 0 Å². The van der Waals surface area contributed by atoms with Crippen LogP contribution in [-0.4, -0.2) is 62.1 Å². The van der Waals surface area contributed by atoms with Gasteiger partial charge in [-0.2, -0.15) is 0 Å². The van der Waals surface area contributed by atoms with E-state index >= 15 is 0 Å². The molecule has 1 aromatic rings. The number of hydrogen-bond acceptors (Lipinski definition) is 3. The first kappa shape index (κ1) is 18.9. The first-order valence-corrected chi connectivity index (χ1v) is 10.7. The van der Waals surface area contributed by atoms with Crippen molar-refractivity contribution in [1.82, 2.24) is 9.80 Å². The van der Waals surface area contributed by atoms with Gasteiger partial charge in [0.2, 0.25) is 0 Å². The van der Waals surface area contributed by atoms with Crippen LogP contribution in [0, 0.1) is 17.3 Å². The van der Waals surface area contributed by atoms with Gasteiger partial charge in [0, 0.05) is 44.3 Å². The van der Waals surface area contributed by atoms with Gasteiger partial charge in [-0.05, 0) is 68.2 Å². The van der Waals surface area contributed by atoms with Crippen LogP contribution in [-0.2, 0) is 11.2 Å². The summed E-state index contributed by atoms with van der Waals surface area (Å²) >= 11 is 0. The molecule has 4 rings (SSSR count). The highest BCUT2D eigenvalue weighted by molar-refractivity contribution is 5.94. The number of rotatable bonds is 6. The maximum Gasteiger partial charge on any atom is 0.253 e. The third-order valence-corrected chi connectivity index (χ3v) is 7.01. The Kier molecular flexibility index (Phi) is 5.56. The normalized spacial score (nSPS) is 25.3.